The molecule has 0 aromatic heterocycles. The molecule has 1 heterocycles. The van der Waals surface area contributed by atoms with Crippen molar-refractivity contribution in [2.24, 2.45) is 0 Å². The quantitative estimate of drug-likeness (QED) is 0.633. The van der Waals surface area contributed by atoms with Crippen molar-refractivity contribution in [3.8, 4) is 5.75 Å². The molecule has 0 saturated heterocycles. The standard InChI is InChI=1S/C15H19N3O6/c1-15(2,3)24-13(20)17-18-11-6-5-10(23-14(21)22-4)7-9(11)8-16-12(18)19/h5-7H,8H2,1-4H3,(H,16,19)(H,17,20). The minimum atomic E-state index is -0.849. The predicted molar refractivity (Wildman–Crippen MR) is 83.6 cm³/mol. The largest absolute Gasteiger partial charge is 0.513 e. The molecular weight excluding hydrogens is 318 g/mol. The van der Waals surface area contributed by atoms with E-state index in [1.165, 1.54) is 13.2 Å². The zero-order valence-corrected chi connectivity index (χ0v) is 13.8. The summed E-state index contributed by atoms with van der Waals surface area (Å²) in [5.74, 6) is 0.258. The van der Waals surface area contributed by atoms with Gasteiger partial charge in [0.2, 0.25) is 0 Å². The summed E-state index contributed by atoms with van der Waals surface area (Å²) in [4.78, 5) is 35.0. The van der Waals surface area contributed by atoms with Crippen LogP contribution in [-0.4, -0.2) is 31.0 Å². The van der Waals surface area contributed by atoms with Gasteiger partial charge in [-0.2, -0.15) is 5.01 Å². The molecule has 0 radical (unpaired) electrons. The van der Waals surface area contributed by atoms with E-state index in [1.54, 1.807) is 32.9 Å². The summed E-state index contributed by atoms with van der Waals surface area (Å²) in [6.45, 7) is 5.37. The minimum absolute atomic E-state index is 0.221. The number of hydrazine groups is 1. The molecule has 1 aliphatic heterocycles. The number of amides is 3. The molecule has 1 aliphatic rings. The number of carbonyl (C=O) groups is 3. The fraction of sp³-hybridized carbons (Fsp3) is 0.400. The number of fused-ring (bicyclic) bond motifs is 1. The highest BCUT2D eigenvalue weighted by atomic mass is 16.7. The van der Waals surface area contributed by atoms with Crippen LogP contribution in [0.5, 0.6) is 5.75 Å². The van der Waals surface area contributed by atoms with Gasteiger partial charge < -0.3 is 19.5 Å². The Bertz CT molecular complexity index is 668. The van der Waals surface area contributed by atoms with E-state index in [1.807, 2.05) is 0 Å². The SMILES string of the molecule is COC(=O)Oc1ccc2c(c1)CNC(=O)N2NC(=O)OC(C)(C)C. The third-order valence-electron chi connectivity index (χ3n) is 2.89. The Labute approximate surface area is 138 Å². The first-order valence-electron chi connectivity index (χ1n) is 7.16. The monoisotopic (exact) mass is 337 g/mol. The number of ether oxygens (including phenoxy) is 3. The maximum Gasteiger partial charge on any atom is 0.513 e. The van der Waals surface area contributed by atoms with Crippen molar-refractivity contribution in [2.75, 3.05) is 12.1 Å². The first-order valence-corrected chi connectivity index (χ1v) is 7.16. The van der Waals surface area contributed by atoms with Gasteiger partial charge in [-0.15, -0.1) is 0 Å². The van der Waals surface area contributed by atoms with Gasteiger partial charge in [0, 0.05) is 12.1 Å². The van der Waals surface area contributed by atoms with Crippen molar-refractivity contribution >= 4 is 24.0 Å². The summed E-state index contributed by atoms with van der Waals surface area (Å²) < 4.78 is 14.5. The summed E-state index contributed by atoms with van der Waals surface area (Å²) in [6, 6.07) is 4.09. The average Bonchev–Trinajstić information content (AvgIpc) is 2.48. The highest BCUT2D eigenvalue weighted by Crippen LogP contribution is 2.27. The molecular formula is C15H19N3O6. The smallest absolute Gasteiger partial charge is 0.443 e. The third kappa shape index (κ3) is 4.28. The van der Waals surface area contributed by atoms with E-state index in [2.05, 4.69) is 15.5 Å². The minimum Gasteiger partial charge on any atom is -0.443 e. The molecule has 24 heavy (non-hydrogen) atoms. The second kappa shape index (κ2) is 6.65. The van der Waals surface area contributed by atoms with Crippen LogP contribution in [-0.2, 0) is 16.0 Å². The van der Waals surface area contributed by atoms with Crippen molar-refractivity contribution < 1.29 is 28.6 Å². The van der Waals surface area contributed by atoms with Crippen LogP contribution in [0.3, 0.4) is 0 Å². The highest BCUT2D eigenvalue weighted by molar-refractivity contribution is 5.96. The van der Waals surface area contributed by atoms with Crippen LogP contribution in [0.1, 0.15) is 26.3 Å². The molecule has 0 aliphatic carbocycles. The normalized spacial score (nSPS) is 13.5. The molecule has 9 nitrogen and oxygen atoms in total. The second-order valence-corrected chi connectivity index (χ2v) is 5.95. The van der Waals surface area contributed by atoms with E-state index in [0.29, 0.717) is 11.3 Å². The van der Waals surface area contributed by atoms with E-state index in [9.17, 15) is 14.4 Å². The molecule has 0 atom stereocenters. The Kier molecular flexibility index (Phi) is 4.82. The van der Waals surface area contributed by atoms with Crippen LogP contribution in [0, 0.1) is 0 Å². The number of urea groups is 1. The zero-order chi connectivity index (χ0) is 17.9. The van der Waals surface area contributed by atoms with E-state index in [-0.39, 0.29) is 12.3 Å². The fourth-order valence-corrected chi connectivity index (χ4v) is 1.99. The molecule has 0 fully saturated rings. The predicted octanol–water partition coefficient (Wildman–Crippen LogP) is 2.30. The van der Waals surface area contributed by atoms with Crippen LogP contribution in [0.2, 0.25) is 0 Å². The lowest BCUT2D eigenvalue weighted by atomic mass is 10.1. The lowest BCUT2D eigenvalue weighted by Crippen LogP contribution is -2.54. The number of hydrogen-bond donors (Lipinski definition) is 2. The van der Waals surface area contributed by atoms with Crippen LogP contribution in [0.15, 0.2) is 18.2 Å². The Morgan fingerprint density at radius 1 is 1.29 bits per heavy atom. The molecule has 3 amide bonds. The van der Waals surface area contributed by atoms with Gasteiger partial charge in [0.25, 0.3) is 0 Å². The fourth-order valence-electron chi connectivity index (χ4n) is 1.99. The molecule has 0 spiro atoms. The van der Waals surface area contributed by atoms with E-state index < -0.39 is 23.9 Å². The zero-order valence-electron chi connectivity index (χ0n) is 13.8. The van der Waals surface area contributed by atoms with E-state index >= 15 is 0 Å². The summed E-state index contributed by atoms with van der Waals surface area (Å²) in [7, 11) is 1.20. The van der Waals surface area contributed by atoms with Crippen molar-refractivity contribution in [1.29, 1.82) is 0 Å². The Morgan fingerprint density at radius 3 is 2.62 bits per heavy atom. The first kappa shape index (κ1) is 17.4. The maximum atomic E-state index is 12.0. The lowest BCUT2D eigenvalue weighted by Gasteiger charge is -2.31. The first-order chi connectivity index (χ1) is 11.2. The van der Waals surface area contributed by atoms with Gasteiger partial charge in [0.15, 0.2) is 0 Å². The Morgan fingerprint density at radius 2 is 2.00 bits per heavy atom. The average molecular weight is 337 g/mol. The van der Waals surface area contributed by atoms with Gasteiger partial charge in [-0.3, -0.25) is 0 Å². The Balaban J connectivity index is 2.19. The number of nitrogens with zero attached hydrogens (tertiary/aromatic N) is 1. The number of benzene rings is 1. The van der Waals surface area contributed by atoms with Gasteiger partial charge in [-0.05, 0) is 39.0 Å². The van der Waals surface area contributed by atoms with Crippen LogP contribution in [0.4, 0.5) is 20.1 Å². The summed E-state index contributed by atoms with van der Waals surface area (Å²) >= 11 is 0. The molecule has 1 aromatic rings. The topological polar surface area (TPSA) is 106 Å². The lowest BCUT2D eigenvalue weighted by molar-refractivity contribution is 0.0523. The number of nitrogens with one attached hydrogen (secondary N) is 2. The van der Waals surface area contributed by atoms with Gasteiger partial charge in [-0.1, -0.05) is 0 Å². The molecule has 9 heteroatoms. The molecule has 1 aromatic carbocycles. The molecule has 130 valence electrons. The van der Waals surface area contributed by atoms with E-state index in [0.717, 1.165) is 5.01 Å². The molecule has 2 rings (SSSR count). The van der Waals surface area contributed by atoms with Gasteiger partial charge in [-0.25, -0.2) is 19.8 Å². The molecule has 0 unspecified atom stereocenters. The van der Waals surface area contributed by atoms with Crippen molar-refractivity contribution in [3.63, 3.8) is 0 Å². The summed E-state index contributed by atoms with van der Waals surface area (Å²) in [5, 5.41) is 3.63. The number of methoxy groups -OCH3 is 1. The maximum absolute atomic E-state index is 12.0. The third-order valence-corrected chi connectivity index (χ3v) is 2.89. The Hall–Kier alpha value is -2.97. The van der Waals surface area contributed by atoms with E-state index in [4.69, 9.17) is 9.47 Å². The van der Waals surface area contributed by atoms with Crippen LogP contribution in [0.25, 0.3) is 0 Å². The second-order valence-electron chi connectivity index (χ2n) is 5.95. The van der Waals surface area contributed by atoms with Gasteiger partial charge >= 0.3 is 18.3 Å². The van der Waals surface area contributed by atoms with Crippen LogP contribution >= 0.6 is 0 Å². The van der Waals surface area contributed by atoms with Crippen molar-refractivity contribution in [2.45, 2.75) is 32.9 Å². The molecule has 0 bridgehead atoms. The van der Waals surface area contributed by atoms with Crippen molar-refractivity contribution in [3.05, 3.63) is 23.8 Å². The van der Waals surface area contributed by atoms with Crippen molar-refractivity contribution in [1.82, 2.24) is 10.7 Å². The molecule has 2 N–H and O–H groups in total. The summed E-state index contributed by atoms with van der Waals surface area (Å²) in [5.41, 5.74) is 2.78. The highest BCUT2D eigenvalue weighted by Gasteiger charge is 2.28. The van der Waals surface area contributed by atoms with Gasteiger partial charge in [0.05, 0.1) is 12.8 Å². The molecule has 0 saturated carbocycles. The number of rotatable bonds is 2. The number of carbonyl (C=O) groups excluding carboxylic acids is 3. The summed E-state index contributed by atoms with van der Waals surface area (Å²) in [6.07, 6.45) is -1.61. The number of hydrogen-bond acceptors (Lipinski definition) is 6. The van der Waals surface area contributed by atoms with Gasteiger partial charge in [0.1, 0.15) is 11.4 Å². The number of anilines is 1. The van der Waals surface area contributed by atoms with Crippen LogP contribution < -0.4 is 20.5 Å².